The molecular formula is C24H28N4O4S. The predicted octanol–water partition coefficient (Wildman–Crippen LogP) is 3.15. The molecule has 174 valence electrons. The zero-order chi connectivity index (χ0) is 23.5. The van der Waals surface area contributed by atoms with Gasteiger partial charge in [0.2, 0.25) is 0 Å². The van der Waals surface area contributed by atoms with Gasteiger partial charge in [-0.05, 0) is 23.8 Å². The van der Waals surface area contributed by atoms with Crippen LogP contribution in [-0.4, -0.2) is 42.7 Å². The second-order valence-corrected chi connectivity index (χ2v) is 9.53. The summed E-state index contributed by atoms with van der Waals surface area (Å²) in [4.78, 5) is 31.6. The van der Waals surface area contributed by atoms with Crippen molar-refractivity contribution in [3.63, 3.8) is 0 Å². The predicted molar refractivity (Wildman–Crippen MR) is 131 cm³/mol. The van der Waals surface area contributed by atoms with Crippen molar-refractivity contribution < 1.29 is 9.84 Å². The molecule has 0 fully saturated rings. The number of aromatic amines is 1. The number of aliphatic hydroxyl groups is 1. The molecule has 2 aromatic heterocycles. The molecule has 8 nitrogen and oxygen atoms in total. The molecule has 4 aromatic rings. The molecule has 9 heteroatoms. The third kappa shape index (κ3) is 4.99. The molecule has 0 spiro atoms. The first-order valence-electron chi connectivity index (χ1n) is 11.0. The van der Waals surface area contributed by atoms with Crippen LogP contribution < -0.4 is 16.0 Å². The fraction of sp³-hybridized carbons (Fsp3) is 0.375. The minimum atomic E-state index is -0.887. The Morgan fingerprint density at radius 1 is 1.15 bits per heavy atom. The van der Waals surface area contributed by atoms with Gasteiger partial charge in [-0.15, -0.1) is 0 Å². The molecule has 1 atom stereocenters. The molecule has 2 N–H and O–H groups in total. The van der Waals surface area contributed by atoms with E-state index < -0.39 is 17.4 Å². The van der Waals surface area contributed by atoms with Gasteiger partial charge < -0.3 is 14.4 Å². The molecule has 0 aliphatic carbocycles. The van der Waals surface area contributed by atoms with E-state index in [1.807, 2.05) is 42.5 Å². The van der Waals surface area contributed by atoms with E-state index in [9.17, 15) is 14.7 Å². The molecule has 0 unspecified atom stereocenters. The summed E-state index contributed by atoms with van der Waals surface area (Å²) >= 11 is 1.51. The number of thioether (sulfide) groups is 1. The summed E-state index contributed by atoms with van der Waals surface area (Å²) in [5, 5.41) is 13.4. The van der Waals surface area contributed by atoms with E-state index in [-0.39, 0.29) is 18.7 Å². The highest BCUT2D eigenvalue weighted by atomic mass is 32.2. The number of nitrogens with zero attached hydrogens (tertiary/aromatic N) is 3. The van der Waals surface area contributed by atoms with E-state index in [0.717, 1.165) is 22.9 Å². The summed E-state index contributed by atoms with van der Waals surface area (Å²) < 4.78 is 8.94. The Kier molecular flexibility index (Phi) is 6.90. The summed E-state index contributed by atoms with van der Waals surface area (Å²) in [6, 6.07) is 13.7. The van der Waals surface area contributed by atoms with Crippen molar-refractivity contribution in [2.45, 2.75) is 38.1 Å². The van der Waals surface area contributed by atoms with Crippen molar-refractivity contribution in [3.8, 4) is 5.75 Å². The number of hydrogen-bond acceptors (Lipinski definition) is 6. The smallest absolute Gasteiger partial charge is 0.329 e. The lowest BCUT2D eigenvalue weighted by Crippen LogP contribution is -2.30. The van der Waals surface area contributed by atoms with Crippen LogP contribution in [0.25, 0.3) is 21.9 Å². The highest BCUT2D eigenvalue weighted by Crippen LogP contribution is 2.26. The summed E-state index contributed by atoms with van der Waals surface area (Å²) in [5.74, 6) is 2.03. The molecule has 0 bridgehead atoms. The van der Waals surface area contributed by atoms with E-state index >= 15 is 0 Å². The van der Waals surface area contributed by atoms with Gasteiger partial charge in [-0.25, -0.2) is 9.78 Å². The van der Waals surface area contributed by atoms with Crippen LogP contribution >= 0.6 is 11.8 Å². The van der Waals surface area contributed by atoms with Crippen LogP contribution in [0, 0.1) is 5.92 Å². The molecule has 33 heavy (non-hydrogen) atoms. The average molecular weight is 469 g/mol. The fourth-order valence-corrected chi connectivity index (χ4v) is 4.90. The average Bonchev–Trinajstić information content (AvgIpc) is 3.14. The van der Waals surface area contributed by atoms with Gasteiger partial charge in [-0.1, -0.05) is 62.0 Å². The number of ether oxygens (including phenoxy) is 1. The fourth-order valence-electron chi connectivity index (χ4n) is 3.65. The number of rotatable bonds is 9. The monoisotopic (exact) mass is 468 g/mol. The zero-order valence-corrected chi connectivity index (χ0v) is 19.8. The molecule has 0 aliphatic heterocycles. The minimum absolute atomic E-state index is 0.0491. The second-order valence-electron chi connectivity index (χ2n) is 8.47. The second kappa shape index (κ2) is 9.84. The van der Waals surface area contributed by atoms with Gasteiger partial charge in [0.05, 0.1) is 6.54 Å². The van der Waals surface area contributed by atoms with Crippen LogP contribution in [0.1, 0.15) is 20.3 Å². The highest BCUT2D eigenvalue weighted by molar-refractivity contribution is 7.99. The Balaban J connectivity index is 1.60. The van der Waals surface area contributed by atoms with Crippen LogP contribution in [0.5, 0.6) is 5.75 Å². The quantitative estimate of drug-likeness (QED) is 0.366. The summed E-state index contributed by atoms with van der Waals surface area (Å²) in [5.41, 5.74) is -0.458. The number of benzene rings is 2. The van der Waals surface area contributed by atoms with Crippen LogP contribution in [0.4, 0.5) is 0 Å². The van der Waals surface area contributed by atoms with Gasteiger partial charge in [0, 0.05) is 18.2 Å². The molecule has 0 saturated heterocycles. The topological polar surface area (TPSA) is 102 Å². The molecule has 0 aliphatic rings. The summed E-state index contributed by atoms with van der Waals surface area (Å²) in [6.07, 6.45) is 0.0954. The maximum absolute atomic E-state index is 12.6. The van der Waals surface area contributed by atoms with Crippen molar-refractivity contribution >= 4 is 33.7 Å². The van der Waals surface area contributed by atoms with Crippen molar-refractivity contribution in [1.29, 1.82) is 0 Å². The number of H-pyrrole nitrogens is 1. The minimum Gasteiger partial charge on any atom is -0.490 e. The van der Waals surface area contributed by atoms with Gasteiger partial charge in [0.25, 0.3) is 5.56 Å². The lowest BCUT2D eigenvalue weighted by molar-refractivity contribution is 0.0921. The van der Waals surface area contributed by atoms with Crippen LogP contribution in [0.2, 0.25) is 0 Å². The largest absolute Gasteiger partial charge is 0.490 e. The Hall–Kier alpha value is -3.04. The van der Waals surface area contributed by atoms with Gasteiger partial charge >= 0.3 is 5.69 Å². The molecule has 0 radical (unpaired) electrons. The molecule has 0 saturated carbocycles. The number of imidazole rings is 1. The third-order valence-electron chi connectivity index (χ3n) is 5.47. The van der Waals surface area contributed by atoms with Crippen LogP contribution in [0.15, 0.2) is 57.2 Å². The normalized spacial score (nSPS) is 12.6. The van der Waals surface area contributed by atoms with E-state index in [1.165, 1.54) is 16.3 Å². The van der Waals surface area contributed by atoms with Crippen LogP contribution in [0.3, 0.4) is 0 Å². The van der Waals surface area contributed by atoms with Crippen molar-refractivity contribution in [3.05, 3.63) is 63.3 Å². The summed E-state index contributed by atoms with van der Waals surface area (Å²) in [6.45, 7) is 4.46. The lowest BCUT2D eigenvalue weighted by Gasteiger charge is -2.16. The number of aromatic nitrogens is 4. The van der Waals surface area contributed by atoms with Gasteiger partial charge in [-0.3, -0.25) is 14.3 Å². The zero-order valence-electron chi connectivity index (χ0n) is 18.9. The Labute approximate surface area is 195 Å². The molecular weight excluding hydrogens is 440 g/mol. The lowest BCUT2D eigenvalue weighted by atomic mass is 10.1. The molecule has 4 rings (SSSR count). The standard InChI is InChI=1S/C24H28N4O4S/c1-15(2)11-12-33-24-25-21-20(22(30)26-23(31)27(21)3)28(24)13-17(29)14-32-19-10-6-8-16-7-4-5-9-18(16)19/h4-10,15,17,29H,11-14H2,1-3H3,(H,26,30,31)/t17-/m1/s1. The first-order valence-corrected chi connectivity index (χ1v) is 11.9. The number of aryl methyl sites for hydroxylation is 1. The first kappa shape index (κ1) is 23.1. The van der Waals surface area contributed by atoms with E-state index in [0.29, 0.717) is 22.5 Å². The molecule has 0 amide bonds. The maximum atomic E-state index is 12.6. The maximum Gasteiger partial charge on any atom is 0.329 e. The van der Waals surface area contributed by atoms with Crippen molar-refractivity contribution in [2.75, 3.05) is 12.4 Å². The van der Waals surface area contributed by atoms with Crippen molar-refractivity contribution in [2.24, 2.45) is 13.0 Å². The van der Waals surface area contributed by atoms with E-state index in [1.54, 1.807) is 11.6 Å². The highest BCUT2D eigenvalue weighted by Gasteiger charge is 2.20. The number of fused-ring (bicyclic) bond motifs is 2. The SMILES string of the molecule is CC(C)CCSc1nc2c(c(=O)[nH]c(=O)n2C)n1C[C@@H](O)COc1cccc2ccccc12. The Morgan fingerprint density at radius 3 is 2.70 bits per heavy atom. The van der Waals surface area contributed by atoms with E-state index in [4.69, 9.17) is 4.74 Å². The number of aliphatic hydroxyl groups excluding tert-OH is 1. The summed E-state index contributed by atoms with van der Waals surface area (Å²) in [7, 11) is 1.57. The van der Waals surface area contributed by atoms with E-state index in [2.05, 4.69) is 23.8 Å². The molecule has 2 heterocycles. The van der Waals surface area contributed by atoms with Crippen LogP contribution in [-0.2, 0) is 13.6 Å². The van der Waals surface area contributed by atoms with Gasteiger partial charge in [0.1, 0.15) is 18.5 Å². The first-order chi connectivity index (χ1) is 15.8. The molecule has 2 aromatic carbocycles. The number of hydrogen-bond donors (Lipinski definition) is 2. The van der Waals surface area contributed by atoms with Crippen molar-refractivity contribution in [1.82, 2.24) is 19.1 Å². The van der Waals surface area contributed by atoms with Gasteiger partial charge in [0.15, 0.2) is 16.3 Å². The third-order valence-corrected chi connectivity index (χ3v) is 6.48. The Morgan fingerprint density at radius 2 is 1.91 bits per heavy atom. The number of nitrogens with one attached hydrogen (secondary N) is 1. The Bertz CT molecular complexity index is 1380. The van der Waals surface area contributed by atoms with Gasteiger partial charge in [-0.2, -0.15) is 0 Å².